The van der Waals surface area contributed by atoms with Crippen LogP contribution in [-0.2, 0) is 4.79 Å². The lowest BCUT2D eigenvalue weighted by atomic mass is 10.0. The fraction of sp³-hybridized carbons (Fsp3) is 0.737. The van der Waals surface area contributed by atoms with E-state index in [-0.39, 0.29) is 0 Å². The van der Waals surface area contributed by atoms with Gasteiger partial charge in [-0.25, -0.2) is 0 Å². The van der Waals surface area contributed by atoms with E-state index in [9.17, 15) is 4.79 Å². The smallest absolute Gasteiger partial charge is 0.198 e. The molecule has 0 unspecified atom stereocenters. The molecule has 115 valence electrons. The Hall–Kier alpha value is -0.850. The summed E-state index contributed by atoms with van der Waals surface area (Å²) in [6, 6.07) is 0. The molecule has 0 fully saturated rings. The quantitative estimate of drug-likeness (QED) is 0.253. The van der Waals surface area contributed by atoms with Crippen molar-refractivity contribution in [3.8, 4) is 0 Å². The van der Waals surface area contributed by atoms with E-state index >= 15 is 0 Å². The van der Waals surface area contributed by atoms with Crippen LogP contribution in [0.15, 0.2) is 24.3 Å². The summed E-state index contributed by atoms with van der Waals surface area (Å²) >= 11 is 0. The molecule has 0 aliphatic rings. The van der Waals surface area contributed by atoms with Crippen LogP contribution in [0.1, 0.15) is 90.4 Å². The lowest BCUT2D eigenvalue weighted by Gasteiger charge is -2.03. The fourth-order valence-electron chi connectivity index (χ4n) is 2.26. The highest BCUT2D eigenvalue weighted by Gasteiger charge is 1.94. The molecule has 0 bridgehead atoms. The van der Waals surface area contributed by atoms with E-state index in [4.69, 9.17) is 0 Å². The minimum Gasteiger partial charge on any atom is -0.291 e. The molecule has 0 saturated carbocycles. The molecule has 0 aromatic heterocycles. The lowest BCUT2D eigenvalue weighted by Crippen LogP contribution is -1.84. The summed E-state index contributed by atoms with van der Waals surface area (Å²) in [5.74, 6) is 0. The zero-order valence-electron chi connectivity index (χ0n) is 13.5. The van der Waals surface area contributed by atoms with Crippen LogP contribution in [0, 0.1) is 0 Å². The van der Waals surface area contributed by atoms with E-state index in [0.29, 0.717) is 6.42 Å². The Labute approximate surface area is 126 Å². The lowest BCUT2D eigenvalue weighted by molar-refractivity contribution is 0.541. The summed E-state index contributed by atoms with van der Waals surface area (Å²) in [7, 11) is 0. The van der Waals surface area contributed by atoms with Crippen LogP contribution in [0.3, 0.4) is 0 Å². The summed E-state index contributed by atoms with van der Waals surface area (Å²) in [5.41, 5.74) is 1.37. The molecule has 20 heavy (non-hydrogen) atoms. The largest absolute Gasteiger partial charge is 0.291 e. The average molecular weight is 277 g/mol. The molecule has 1 heteroatoms. The fourth-order valence-corrected chi connectivity index (χ4v) is 2.26. The molecule has 0 spiro atoms. The molecular weight excluding hydrogens is 244 g/mol. The van der Waals surface area contributed by atoms with Crippen molar-refractivity contribution < 1.29 is 4.79 Å². The van der Waals surface area contributed by atoms with Gasteiger partial charge in [0.2, 0.25) is 0 Å². The molecule has 0 rings (SSSR count). The topological polar surface area (TPSA) is 17.1 Å². The third-order valence-electron chi connectivity index (χ3n) is 3.61. The van der Waals surface area contributed by atoms with E-state index < -0.39 is 0 Å². The molecule has 0 N–H and O–H groups in total. The third kappa shape index (κ3) is 15.2. The van der Waals surface area contributed by atoms with Crippen LogP contribution in [0.4, 0.5) is 0 Å². The number of hydrogen-bond acceptors (Lipinski definition) is 1. The van der Waals surface area contributed by atoms with Crippen LogP contribution in [0.2, 0.25) is 0 Å². The minimum atomic E-state index is 0.612. The molecule has 0 amide bonds. The van der Waals surface area contributed by atoms with Gasteiger partial charge in [0, 0.05) is 6.42 Å². The van der Waals surface area contributed by atoms with E-state index in [1.807, 2.05) is 6.29 Å². The molecule has 0 heterocycles. The summed E-state index contributed by atoms with van der Waals surface area (Å²) in [6.45, 7) is 6.40. The molecule has 0 saturated heterocycles. The van der Waals surface area contributed by atoms with Crippen molar-refractivity contribution in [2.75, 3.05) is 0 Å². The van der Waals surface area contributed by atoms with Gasteiger partial charge in [-0.1, -0.05) is 69.8 Å². The van der Waals surface area contributed by atoms with Crippen molar-refractivity contribution in [3.63, 3.8) is 0 Å². The van der Waals surface area contributed by atoms with Crippen molar-refractivity contribution in [1.82, 2.24) is 0 Å². The highest BCUT2D eigenvalue weighted by atomic mass is 16.1. The molecule has 0 aliphatic carbocycles. The second-order valence-corrected chi connectivity index (χ2v) is 5.69. The van der Waals surface area contributed by atoms with Crippen molar-refractivity contribution in [2.45, 2.75) is 90.4 Å². The van der Waals surface area contributed by atoms with Gasteiger partial charge in [0.25, 0.3) is 0 Å². The maximum Gasteiger partial charge on any atom is 0.198 e. The summed E-state index contributed by atoms with van der Waals surface area (Å²) in [6.07, 6.45) is 21.9. The Morgan fingerprint density at radius 1 is 0.950 bits per heavy atom. The first-order valence-corrected chi connectivity index (χ1v) is 8.48. The first kappa shape index (κ1) is 19.1. The first-order chi connectivity index (χ1) is 9.81. The third-order valence-corrected chi connectivity index (χ3v) is 3.61. The molecule has 1 radical (unpaired) electrons. The Bertz CT molecular complexity index is 252. The number of hydrogen-bond donors (Lipinski definition) is 0. The van der Waals surface area contributed by atoms with Crippen LogP contribution >= 0.6 is 0 Å². The molecule has 0 aliphatic heterocycles. The van der Waals surface area contributed by atoms with Gasteiger partial charge in [0.05, 0.1) is 0 Å². The van der Waals surface area contributed by atoms with Gasteiger partial charge in [-0.15, -0.1) is 0 Å². The summed E-state index contributed by atoms with van der Waals surface area (Å²) in [5, 5.41) is 0. The monoisotopic (exact) mass is 277 g/mol. The Kier molecular flexibility index (Phi) is 15.5. The summed E-state index contributed by atoms with van der Waals surface area (Å²) < 4.78 is 0. The highest BCUT2D eigenvalue weighted by Crippen LogP contribution is 2.14. The second-order valence-electron chi connectivity index (χ2n) is 5.69. The molecule has 0 atom stereocenters. The van der Waals surface area contributed by atoms with E-state index in [0.717, 1.165) is 12.8 Å². The zero-order valence-corrected chi connectivity index (χ0v) is 13.5. The van der Waals surface area contributed by atoms with Crippen molar-refractivity contribution >= 4 is 6.29 Å². The van der Waals surface area contributed by atoms with Crippen LogP contribution in [0.5, 0.6) is 0 Å². The molecule has 1 nitrogen and oxygen atoms in total. The van der Waals surface area contributed by atoms with Crippen LogP contribution < -0.4 is 0 Å². The van der Waals surface area contributed by atoms with Gasteiger partial charge in [0.1, 0.15) is 0 Å². The number of allylic oxidation sites excluding steroid dienone is 3. The van der Waals surface area contributed by atoms with Crippen molar-refractivity contribution in [1.29, 1.82) is 0 Å². The van der Waals surface area contributed by atoms with Gasteiger partial charge in [-0.3, -0.25) is 4.79 Å². The standard InChI is InChI=1S/C19H33O/c1-3-4-5-6-10-13-16-19(2)17-14-11-8-7-9-12-15-18-20/h10,13H,2-9,11-12,14-17H2,1H3/b13-10+. The van der Waals surface area contributed by atoms with Crippen LogP contribution in [-0.4, -0.2) is 6.29 Å². The highest BCUT2D eigenvalue weighted by molar-refractivity contribution is 5.50. The van der Waals surface area contributed by atoms with E-state index in [1.165, 1.54) is 69.8 Å². The van der Waals surface area contributed by atoms with Crippen molar-refractivity contribution in [3.05, 3.63) is 24.3 Å². The maximum absolute atomic E-state index is 10.0. The average Bonchev–Trinajstić information content (AvgIpc) is 2.45. The van der Waals surface area contributed by atoms with Gasteiger partial charge in [-0.2, -0.15) is 0 Å². The van der Waals surface area contributed by atoms with E-state index in [2.05, 4.69) is 25.7 Å². The predicted molar refractivity (Wildman–Crippen MR) is 89.7 cm³/mol. The van der Waals surface area contributed by atoms with Gasteiger partial charge in [-0.05, 0) is 38.5 Å². The minimum absolute atomic E-state index is 0.612. The summed E-state index contributed by atoms with van der Waals surface area (Å²) in [4.78, 5) is 10.0. The normalized spacial score (nSPS) is 11.1. The molecule has 0 aromatic rings. The van der Waals surface area contributed by atoms with Crippen LogP contribution in [0.25, 0.3) is 0 Å². The van der Waals surface area contributed by atoms with Gasteiger partial charge < -0.3 is 0 Å². The SMILES string of the molecule is C=C(C/C=C/CCCCC)CCCCCCCC[C]=O. The van der Waals surface area contributed by atoms with E-state index in [1.54, 1.807) is 0 Å². The number of carbonyl (C=O) groups excluding carboxylic acids is 1. The zero-order chi connectivity index (χ0) is 14.9. The Morgan fingerprint density at radius 2 is 1.65 bits per heavy atom. The number of unbranched alkanes of at least 4 members (excludes halogenated alkanes) is 9. The maximum atomic E-state index is 10.0. The second kappa shape index (κ2) is 16.2. The Balaban J connectivity index is 3.25. The molecular formula is C19H33O. The first-order valence-electron chi connectivity index (χ1n) is 8.48. The van der Waals surface area contributed by atoms with Crippen molar-refractivity contribution in [2.24, 2.45) is 0 Å². The van der Waals surface area contributed by atoms with Gasteiger partial charge >= 0.3 is 0 Å². The predicted octanol–water partition coefficient (Wildman–Crippen LogP) is 6.30. The molecule has 0 aromatic carbocycles. The number of rotatable bonds is 15. The Morgan fingerprint density at radius 3 is 2.35 bits per heavy atom. The van der Waals surface area contributed by atoms with Gasteiger partial charge in [0.15, 0.2) is 6.29 Å².